The summed E-state index contributed by atoms with van der Waals surface area (Å²) >= 11 is -2.08. The first-order valence-electron chi connectivity index (χ1n) is 1.54. The molecule has 0 N–H and O–H groups in total. The van der Waals surface area contributed by atoms with Crippen LogP contribution in [0.4, 0.5) is 0 Å². The molecular weight excluding hydrogens is 419 g/mol. The standard InChI is InChI=1S/Al.5ClO2.Mn/c;5*2-1-3;/q+3;5*-1;+2. The third-order valence-electron chi connectivity index (χ3n) is 0. The van der Waals surface area contributed by atoms with Gasteiger partial charge in [-0.3, -0.25) is 0 Å². The van der Waals surface area contributed by atoms with Gasteiger partial charge in [-0.05, 0) is 0 Å². The van der Waals surface area contributed by atoms with E-state index in [1.165, 1.54) is 0 Å². The van der Waals surface area contributed by atoms with Gasteiger partial charge in [-0.1, -0.05) is 0 Å². The van der Waals surface area contributed by atoms with Crippen LogP contribution in [0, 0.1) is 56.6 Å². The van der Waals surface area contributed by atoms with Crippen LogP contribution in [0.3, 0.4) is 0 Å². The van der Waals surface area contributed by atoms with Crippen molar-refractivity contribution in [2.45, 2.75) is 0 Å². The molecule has 0 aliphatic rings. The summed E-state index contributed by atoms with van der Waals surface area (Å²) in [4.78, 5) is 0. The maximum Gasteiger partial charge on any atom is 3.00 e. The van der Waals surface area contributed by atoms with Crippen LogP contribution in [-0.4, -0.2) is 17.4 Å². The number of hydrogen-bond donors (Lipinski definition) is 0. The maximum atomic E-state index is 8.24. The first-order chi connectivity index (χ1) is 7.07. The minimum atomic E-state index is -0.417. The molecule has 0 aliphatic heterocycles. The predicted molar refractivity (Wildman–Crippen MR) is 5.75 cm³/mol. The quantitative estimate of drug-likeness (QED) is 0.336. The van der Waals surface area contributed by atoms with Crippen molar-refractivity contribution in [3.8, 4) is 0 Å². The summed E-state index contributed by atoms with van der Waals surface area (Å²) in [6, 6.07) is 0. The van der Waals surface area contributed by atoms with Crippen molar-refractivity contribution in [2.24, 2.45) is 0 Å². The number of halogens is 5. The van der Waals surface area contributed by atoms with Gasteiger partial charge in [0.1, 0.15) is 0 Å². The second kappa shape index (κ2) is 105. The van der Waals surface area contributed by atoms with E-state index in [1.807, 2.05) is 0 Å². The van der Waals surface area contributed by atoms with E-state index in [9.17, 15) is 0 Å². The molecule has 0 unspecified atom stereocenters. The van der Waals surface area contributed by atoms with E-state index in [1.54, 1.807) is 0 Å². The summed E-state index contributed by atoms with van der Waals surface area (Å²) in [5.41, 5.74) is 0. The first-order valence-corrected chi connectivity index (χ1v) is 4.63. The topological polar surface area (TPSA) is 231 Å². The van der Waals surface area contributed by atoms with E-state index < -0.39 is 56.6 Å². The molecule has 0 saturated carbocycles. The van der Waals surface area contributed by atoms with Crippen LogP contribution >= 0.6 is 0 Å². The predicted octanol–water partition coefficient (Wildman–Crippen LogP) is -12.3. The third-order valence-corrected chi connectivity index (χ3v) is 0. The van der Waals surface area contributed by atoms with Crippen molar-refractivity contribution in [3.05, 3.63) is 0 Å². The molecule has 0 atom stereocenters. The SMILES string of the molecule is [Al+3].[Mn+2].[O-][Cl+][O-].[O-][Cl+][O-].[O-][Cl+][O-].[O-][Cl+][O-].[O-][Cl+][O-]. The van der Waals surface area contributed by atoms with Gasteiger partial charge in [0.25, 0.3) is 0 Å². The minimum Gasteiger partial charge on any atom is -0.544 e. The Bertz CT molecular complexity index is 36.3. The minimum absolute atomic E-state index is 0. The van der Waals surface area contributed by atoms with Gasteiger partial charge in [-0.15, -0.1) is 0 Å². The van der Waals surface area contributed by atoms with Gasteiger partial charge in [0.2, 0.25) is 0 Å². The molecule has 0 rings (SSSR count). The monoisotopic (exact) mass is 417 g/mol. The molecule has 0 fully saturated rings. The molecule has 0 aliphatic carbocycles. The molecular formula is AlCl5MnO10. The van der Waals surface area contributed by atoms with Crippen molar-refractivity contribution >= 4 is 17.4 Å². The zero-order chi connectivity index (χ0) is 13.5. The van der Waals surface area contributed by atoms with Crippen molar-refractivity contribution in [1.29, 1.82) is 0 Å². The average molecular weight is 419 g/mol. The average Bonchev–Trinajstić information content (AvgIpc) is 2.09. The molecule has 1 radical (unpaired) electrons. The molecule has 0 aromatic heterocycles. The third kappa shape index (κ3) is 1060. The Kier molecular flexibility index (Phi) is 264. The van der Waals surface area contributed by atoms with Gasteiger partial charge in [-0.2, -0.15) is 0 Å². The summed E-state index contributed by atoms with van der Waals surface area (Å²) in [5, 5.41) is 0. The van der Waals surface area contributed by atoms with Crippen LogP contribution < -0.4 is 46.6 Å². The van der Waals surface area contributed by atoms with Crippen molar-refractivity contribution in [1.82, 2.24) is 0 Å². The van der Waals surface area contributed by atoms with E-state index in [-0.39, 0.29) is 34.4 Å². The van der Waals surface area contributed by atoms with E-state index in [2.05, 4.69) is 0 Å². The first kappa shape index (κ1) is 42.7. The molecule has 0 aromatic carbocycles. The van der Waals surface area contributed by atoms with Crippen LogP contribution in [0.5, 0.6) is 0 Å². The smallest absolute Gasteiger partial charge is 0.544 e. The second-order valence-electron chi connectivity index (χ2n) is 0.315. The summed E-state index contributed by atoms with van der Waals surface area (Å²) in [6.45, 7) is 0. The van der Waals surface area contributed by atoms with Crippen LogP contribution in [0.15, 0.2) is 0 Å². The molecule has 0 amide bonds. The van der Waals surface area contributed by atoms with Gasteiger partial charge in [-0.25, -0.2) is 0 Å². The molecule has 0 aromatic rings. The summed E-state index contributed by atoms with van der Waals surface area (Å²) in [5.74, 6) is 0. The number of hydrogen-bond acceptors (Lipinski definition) is 10. The van der Waals surface area contributed by atoms with Gasteiger partial charge in [0.05, 0.1) is 56.6 Å². The van der Waals surface area contributed by atoms with Crippen LogP contribution in [-0.2, 0) is 17.1 Å². The largest absolute Gasteiger partial charge is 3.00 e. The van der Waals surface area contributed by atoms with Crippen LogP contribution in [0.1, 0.15) is 0 Å². The molecule has 105 valence electrons. The Morgan fingerprint density at radius 1 is 0.353 bits per heavy atom. The molecule has 0 spiro atoms. The van der Waals surface area contributed by atoms with Crippen molar-refractivity contribution in [3.63, 3.8) is 0 Å². The molecule has 0 heterocycles. The summed E-state index contributed by atoms with van der Waals surface area (Å²) in [7, 11) is 0. The fourth-order valence-corrected chi connectivity index (χ4v) is 0. The van der Waals surface area contributed by atoms with E-state index in [0.29, 0.717) is 0 Å². The number of rotatable bonds is 0. The van der Waals surface area contributed by atoms with E-state index in [4.69, 9.17) is 46.6 Å². The van der Waals surface area contributed by atoms with Gasteiger partial charge < -0.3 is 46.6 Å². The molecule has 0 bridgehead atoms. The zero-order valence-corrected chi connectivity index (χ0v) is 13.0. The zero-order valence-electron chi connectivity index (χ0n) is 6.93. The Morgan fingerprint density at radius 2 is 0.353 bits per heavy atom. The van der Waals surface area contributed by atoms with Crippen LogP contribution in [0.25, 0.3) is 0 Å². The Hall–Kier alpha value is 2.10. The molecule has 10 nitrogen and oxygen atoms in total. The van der Waals surface area contributed by atoms with E-state index >= 15 is 0 Å². The van der Waals surface area contributed by atoms with E-state index in [0.717, 1.165) is 0 Å². The second-order valence-corrected chi connectivity index (χ2v) is 0.945. The van der Waals surface area contributed by atoms with Gasteiger partial charge in [0.15, 0.2) is 0 Å². The molecule has 17 heteroatoms. The molecule has 0 saturated heterocycles. The normalized spacial score (nSPS) is 5.29. The van der Waals surface area contributed by atoms with Crippen molar-refractivity contribution in [2.75, 3.05) is 0 Å². The maximum absolute atomic E-state index is 8.24. The molecule has 17 heavy (non-hydrogen) atoms. The fraction of sp³-hybridized carbons (Fsp3) is 0. The fourth-order valence-electron chi connectivity index (χ4n) is 0. The van der Waals surface area contributed by atoms with Gasteiger partial charge >= 0.3 is 34.4 Å². The van der Waals surface area contributed by atoms with Crippen molar-refractivity contribution < 1.29 is 120 Å². The Labute approximate surface area is 137 Å². The van der Waals surface area contributed by atoms with Crippen LogP contribution in [0.2, 0.25) is 0 Å². The Balaban J connectivity index is -0.0000000143. The summed E-state index contributed by atoms with van der Waals surface area (Å²) < 4.78 is 82.4. The Morgan fingerprint density at radius 3 is 0.353 bits per heavy atom. The van der Waals surface area contributed by atoms with Gasteiger partial charge in [0, 0.05) is 0 Å². The summed E-state index contributed by atoms with van der Waals surface area (Å²) in [6.07, 6.45) is 0.